The smallest absolute Gasteiger partial charge is 0.409 e. The molecule has 0 aliphatic heterocycles. The molecule has 4 unspecified atom stereocenters. The maximum absolute atomic E-state index is 12.5. The van der Waals surface area contributed by atoms with Gasteiger partial charge in [-0.3, -0.25) is 4.98 Å². The molecule has 164 valence electrons. The van der Waals surface area contributed by atoms with Crippen molar-refractivity contribution in [3.63, 3.8) is 0 Å². The van der Waals surface area contributed by atoms with Crippen LogP contribution in [0.5, 0.6) is 0 Å². The fourth-order valence-electron chi connectivity index (χ4n) is 4.19. The van der Waals surface area contributed by atoms with Gasteiger partial charge < -0.3 is 19.7 Å². The Kier molecular flexibility index (Phi) is 7.92. The van der Waals surface area contributed by atoms with Gasteiger partial charge in [0.25, 0.3) is 0 Å². The van der Waals surface area contributed by atoms with Gasteiger partial charge in [0.05, 0.1) is 36.2 Å². The summed E-state index contributed by atoms with van der Waals surface area (Å²) in [6, 6.07) is 1.33. The van der Waals surface area contributed by atoms with Crippen LogP contribution in [-0.4, -0.2) is 59.1 Å². The van der Waals surface area contributed by atoms with Crippen molar-refractivity contribution in [3.05, 3.63) is 24.0 Å². The molecule has 1 aromatic rings. The van der Waals surface area contributed by atoms with Crippen molar-refractivity contribution in [2.24, 2.45) is 10.9 Å². The molecule has 0 spiro atoms. The number of amides is 2. The molecule has 0 bridgehead atoms. The highest BCUT2D eigenvalue weighted by Gasteiger charge is 2.42. The first kappa shape index (κ1) is 23.8. The quantitative estimate of drug-likeness (QED) is 0.561. The average molecular weight is 435 g/mol. The largest absolute Gasteiger partial charge is 0.453 e. The Morgan fingerprint density at radius 1 is 1.37 bits per heavy atom. The number of hydrogen-bond acceptors (Lipinski definition) is 7. The van der Waals surface area contributed by atoms with Crippen LogP contribution in [0.4, 0.5) is 15.3 Å². The minimum Gasteiger partial charge on any atom is -0.453 e. The van der Waals surface area contributed by atoms with Crippen molar-refractivity contribution in [3.8, 4) is 0 Å². The van der Waals surface area contributed by atoms with Gasteiger partial charge in [-0.15, -0.1) is 0 Å². The molecule has 1 heterocycles. The van der Waals surface area contributed by atoms with Crippen LogP contribution in [0.3, 0.4) is 0 Å². The summed E-state index contributed by atoms with van der Waals surface area (Å²) in [5.74, 6) is 0.164. The molecule has 1 fully saturated rings. The van der Waals surface area contributed by atoms with Gasteiger partial charge in [0.1, 0.15) is 5.60 Å². The van der Waals surface area contributed by atoms with Crippen molar-refractivity contribution in [1.82, 2.24) is 15.2 Å². The monoisotopic (exact) mass is 434 g/mol. The minimum atomic E-state index is -0.625. The van der Waals surface area contributed by atoms with Gasteiger partial charge in [-0.05, 0) is 69.3 Å². The standard InChI is InChI=1S/C21H30N4O4S/c1-13-9-14(15-7-8-22-11-17(15)23-12-30)10-16(18(13)25(5)20(27)28-6)24-19(26)29-21(2,3)4/h7-8,11,13-14,16,18H,9-10H2,1-6H3,(H,24,26). The van der Waals surface area contributed by atoms with Gasteiger partial charge in [-0.2, -0.15) is 4.99 Å². The Morgan fingerprint density at radius 2 is 2.07 bits per heavy atom. The third-order valence-corrected chi connectivity index (χ3v) is 5.33. The van der Waals surface area contributed by atoms with E-state index in [1.807, 2.05) is 26.8 Å². The number of alkyl carbamates (subject to hydrolysis) is 1. The van der Waals surface area contributed by atoms with E-state index in [9.17, 15) is 9.59 Å². The average Bonchev–Trinajstić information content (AvgIpc) is 2.65. The lowest BCUT2D eigenvalue weighted by molar-refractivity contribution is 0.0357. The normalized spacial score (nSPS) is 23.7. The summed E-state index contributed by atoms with van der Waals surface area (Å²) in [6.45, 7) is 7.49. The molecule has 2 rings (SSSR count). The number of aromatic nitrogens is 1. The maximum Gasteiger partial charge on any atom is 0.409 e. The molecule has 9 heteroatoms. The summed E-state index contributed by atoms with van der Waals surface area (Å²) in [5.41, 5.74) is 1.03. The van der Waals surface area contributed by atoms with Gasteiger partial charge in [0.2, 0.25) is 0 Å². The van der Waals surface area contributed by atoms with Crippen LogP contribution < -0.4 is 5.32 Å². The first-order valence-corrected chi connectivity index (χ1v) is 10.3. The lowest BCUT2D eigenvalue weighted by atomic mass is 9.72. The minimum absolute atomic E-state index is 0.0743. The highest BCUT2D eigenvalue weighted by Crippen LogP contribution is 2.41. The van der Waals surface area contributed by atoms with E-state index in [4.69, 9.17) is 21.7 Å². The fourth-order valence-corrected chi connectivity index (χ4v) is 4.28. The van der Waals surface area contributed by atoms with E-state index in [1.165, 1.54) is 7.11 Å². The lowest BCUT2D eigenvalue weighted by Gasteiger charge is -2.44. The summed E-state index contributed by atoms with van der Waals surface area (Å²) < 4.78 is 10.4. The Balaban J connectivity index is 2.35. The Morgan fingerprint density at radius 3 is 2.67 bits per heavy atom. The molecule has 0 radical (unpaired) electrons. The summed E-state index contributed by atoms with van der Waals surface area (Å²) in [5, 5.41) is 5.38. The van der Waals surface area contributed by atoms with Gasteiger partial charge in [0.15, 0.2) is 0 Å². The zero-order valence-electron chi connectivity index (χ0n) is 18.3. The molecule has 4 atom stereocenters. The zero-order chi connectivity index (χ0) is 22.5. The SMILES string of the molecule is COC(=O)N(C)C1C(C)CC(c2ccncc2N=C=S)CC1NC(=O)OC(C)(C)C. The number of thiocarbonyl (C=S) groups is 1. The summed E-state index contributed by atoms with van der Waals surface area (Å²) in [7, 11) is 3.03. The Labute approximate surface area is 183 Å². The molecule has 1 saturated carbocycles. The van der Waals surface area contributed by atoms with Crippen LogP contribution in [0, 0.1) is 5.92 Å². The van der Waals surface area contributed by atoms with Crippen molar-refractivity contribution >= 4 is 35.3 Å². The molecular weight excluding hydrogens is 404 g/mol. The number of rotatable bonds is 4. The number of ether oxygens (including phenoxy) is 2. The van der Waals surface area contributed by atoms with Crippen LogP contribution >= 0.6 is 12.2 Å². The second-order valence-corrected chi connectivity index (χ2v) is 8.79. The lowest BCUT2D eigenvalue weighted by Crippen LogP contribution is -2.58. The predicted octanol–water partition coefficient (Wildman–Crippen LogP) is 4.29. The third kappa shape index (κ3) is 6.00. The number of pyridine rings is 1. The van der Waals surface area contributed by atoms with Gasteiger partial charge >= 0.3 is 12.2 Å². The van der Waals surface area contributed by atoms with E-state index in [2.05, 4.69) is 27.4 Å². The number of nitrogens with zero attached hydrogens (tertiary/aromatic N) is 3. The second-order valence-electron chi connectivity index (χ2n) is 8.61. The van der Waals surface area contributed by atoms with Gasteiger partial charge in [0, 0.05) is 13.2 Å². The number of nitrogens with one attached hydrogen (secondary N) is 1. The van der Waals surface area contributed by atoms with E-state index < -0.39 is 17.8 Å². The number of aliphatic imine (C=N–C) groups is 1. The zero-order valence-corrected chi connectivity index (χ0v) is 19.2. The van der Waals surface area contributed by atoms with Crippen LogP contribution in [0.1, 0.15) is 52.0 Å². The van der Waals surface area contributed by atoms with E-state index in [0.717, 1.165) is 12.0 Å². The number of methoxy groups -OCH3 is 1. The molecule has 2 amide bonds. The summed E-state index contributed by atoms with van der Waals surface area (Å²) >= 11 is 4.77. The van der Waals surface area contributed by atoms with E-state index in [0.29, 0.717) is 12.1 Å². The molecule has 8 nitrogen and oxygen atoms in total. The van der Waals surface area contributed by atoms with E-state index in [-0.39, 0.29) is 23.9 Å². The van der Waals surface area contributed by atoms with Crippen LogP contribution in [0.15, 0.2) is 23.5 Å². The number of likely N-dealkylation sites (N-methyl/N-ethyl adjacent to an activating group) is 1. The second kappa shape index (κ2) is 10.00. The number of carbonyl (C=O) groups excluding carboxylic acids is 2. The predicted molar refractivity (Wildman–Crippen MR) is 117 cm³/mol. The maximum atomic E-state index is 12.5. The number of carbonyl (C=O) groups is 2. The van der Waals surface area contributed by atoms with Crippen molar-refractivity contribution in [1.29, 1.82) is 0 Å². The highest BCUT2D eigenvalue weighted by atomic mass is 32.1. The number of hydrogen-bond donors (Lipinski definition) is 1. The van der Waals surface area contributed by atoms with Crippen molar-refractivity contribution in [2.45, 2.75) is 64.1 Å². The van der Waals surface area contributed by atoms with E-state index in [1.54, 1.807) is 24.3 Å². The molecule has 0 saturated heterocycles. The molecular formula is C21H30N4O4S. The molecule has 0 aromatic carbocycles. The first-order valence-electron chi connectivity index (χ1n) is 9.89. The molecule has 1 N–H and O–H groups in total. The van der Waals surface area contributed by atoms with Gasteiger partial charge in [-0.1, -0.05) is 6.92 Å². The first-order chi connectivity index (χ1) is 14.1. The topological polar surface area (TPSA) is 93.1 Å². The van der Waals surface area contributed by atoms with Crippen LogP contribution in [-0.2, 0) is 9.47 Å². The highest BCUT2D eigenvalue weighted by molar-refractivity contribution is 7.78. The van der Waals surface area contributed by atoms with Gasteiger partial charge in [-0.25, -0.2) is 9.59 Å². The van der Waals surface area contributed by atoms with Crippen molar-refractivity contribution in [2.75, 3.05) is 14.2 Å². The van der Waals surface area contributed by atoms with E-state index >= 15 is 0 Å². The summed E-state index contributed by atoms with van der Waals surface area (Å²) in [4.78, 5) is 34.6. The Bertz CT molecular complexity index is 819. The molecule has 1 aliphatic carbocycles. The number of isothiocyanates is 1. The van der Waals surface area contributed by atoms with Crippen LogP contribution in [0.25, 0.3) is 0 Å². The molecule has 1 aliphatic rings. The third-order valence-electron chi connectivity index (χ3n) is 5.24. The van der Waals surface area contributed by atoms with Crippen molar-refractivity contribution < 1.29 is 19.1 Å². The molecule has 30 heavy (non-hydrogen) atoms. The molecule has 1 aromatic heterocycles. The summed E-state index contributed by atoms with van der Waals surface area (Å²) in [6.07, 6.45) is 3.79. The Hall–Kier alpha value is -2.51. The fraction of sp³-hybridized carbons (Fsp3) is 0.619. The van der Waals surface area contributed by atoms with Crippen LogP contribution in [0.2, 0.25) is 0 Å².